The van der Waals surface area contributed by atoms with Crippen molar-refractivity contribution in [1.82, 2.24) is 9.97 Å². The summed E-state index contributed by atoms with van der Waals surface area (Å²) in [6, 6.07) is 10.1. The van der Waals surface area contributed by atoms with Gasteiger partial charge in [-0.1, -0.05) is 6.07 Å². The molecular weight excluding hydrogens is 414 g/mol. The van der Waals surface area contributed by atoms with Gasteiger partial charge in [-0.3, -0.25) is 0 Å². The van der Waals surface area contributed by atoms with Crippen LogP contribution in [0, 0.1) is 5.82 Å². The number of nitrogens with one attached hydrogen (secondary N) is 2. The number of hydrogen-bond donors (Lipinski definition) is 2. The van der Waals surface area contributed by atoms with Crippen molar-refractivity contribution in [1.29, 1.82) is 0 Å². The predicted octanol–water partition coefficient (Wildman–Crippen LogP) is 6.38. The average Bonchev–Trinajstić information content (AvgIpc) is 2.94. The number of alkyl halides is 3. The fourth-order valence-electron chi connectivity index (χ4n) is 2.74. The summed E-state index contributed by atoms with van der Waals surface area (Å²) >= 11 is 3.36. The van der Waals surface area contributed by atoms with E-state index in [1.54, 1.807) is 24.3 Å². The number of benzene rings is 2. The van der Waals surface area contributed by atoms with Crippen LogP contribution in [0.2, 0.25) is 0 Å². The van der Waals surface area contributed by atoms with E-state index in [2.05, 4.69) is 31.2 Å². The number of aromatic nitrogens is 2. The smallest absolute Gasteiger partial charge is 0.358 e. The van der Waals surface area contributed by atoms with E-state index in [-0.39, 0.29) is 11.3 Å². The van der Waals surface area contributed by atoms with Gasteiger partial charge in [-0.05, 0) is 52.3 Å². The SMILES string of the molecule is Fc1c[nH]c2cc(Nc3cc(Br)c4ccc(C(F)(F)F)cc4n3)ccc12. The number of rotatable bonds is 2. The van der Waals surface area contributed by atoms with Gasteiger partial charge in [0.05, 0.1) is 16.6 Å². The maximum atomic E-state index is 13.5. The molecule has 0 saturated heterocycles. The van der Waals surface area contributed by atoms with Crippen molar-refractivity contribution >= 4 is 49.2 Å². The van der Waals surface area contributed by atoms with Gasteiger partial charge in [0.1, 0.15) is 11.6 Å². The molecule has 8 heteroatoms. The van der Waals surface area contributed by atoms with Crippen LogP contribution in [0.4, 0.5) is 29.1 Å². The van der Waals surface area contributed by atoms with E-state index in [9.17, 15) is 17.6 Å². The van der Waals surface area contributed by atoms with Crippen molar-refractivity contribution in [2.24, 2.45) is 0 Å². The molecule has 0 amide bonds. The molecule has 26 heavy (non-hydrogen) atoms. The second-order valence-electron chi connectivity index (χ2n) is 5.74. The third-order valence-electron chi connectivity index (χ3n) is 3.99. The molecule has 0 spiro atoms. The number of fused-ring (bicyclic) bond motifs is 2. The van der Waals surface area contributed by atoms with Crippen molar-refractivity contribution in [2.75, 3.05) is 5.32 Å². The summed E-state index contributed by atoms with van der Waals surface area (Å²) in [6.07, 6.45) is -3.17. The normalized spacial score (nSPS) is 12.0. The highest BCUT2D eigenvalue weighted by Crippen LogP contribution is 2.34. The summed E-state index contributed by atoms with van der Waals surface area (Å²) < 4.78 is 52.9. The Morgan fingerprint density at radius 3 is 2.54 bits per heavy atom. The highest BCUT2D eigenvalue weighted by atomic mass is 79.9. The van der Waals surface area contributed by atoms with Crippen LogP contribution in [0.1, 0.15) is 5.56 Å². The lowest BCUT2D eigenvalue weighted by Gasteiger charge is -2.11. The quantitative estimate of drug-likeness (QED) is 0.367. The van der Waals surface area contributed by atoms with E-state index in [1.807, 2.05) is 0 Å². The van der Waals surface area contributed by atoms with Gasteiger partial charge in [0.15, 0.2) is 0 Å². The highest BCUT2D eigenvalue weighted by molar-refractivity contribution is 9.10. The number of pyridine rings is 1. The van der Waals surface area contributed by atoms with Crippen molar-refractivity contribution in [3.8, 4) is 0 Å². The Labute approximate surface area is 153 Å². The van der Waals surface area contributed by atoms with E-state index < -0.39 is 11.7 Å². The minimum atomic E-state index is -4.44. The van der Waals surface area contributed by atoms with E-state index in [0.29, 0.717) is 32.3 Å². The minimum Gasteiger partial charge on any atom is -0.358 e. The first-order chi connectivity index (χ1) is 12.3. The Morgan fingerprint density at radius 1 is 1.00 bits per heavy atom. The summed E-state index contributed by atoms with van der Waals surface area (Å²) in [5.74, 6) is 0.0212. The van der Waals surface area contributed by atoms with Crippen molar-refractivity contribution in [3.05, 3.63) is 64.5 Å². The summed E-state index contributed by atoms with van der Waals surface area (Å²) in [7, 11) is 0. The molecule has 0 bridgehead atoms. The number of anilines is 2. The van der Waals surface area contributed by atoms with Crippen LogP contribution >= 0.6 is 15.9 Å². The molecule has 0 aliphatic rings. The highest BCUT2D eigenvalue weighted by Gasteiger charge is 2.30. The van der Waals surface area contributed by atoms with Crippen LogP contribution in [0.3, 0.4) is 0 Å². The average molecular weight is 424 g/mol. The third-order valence-corrected chi connectivity index (χ3v) is 4.65. The van der Waals surface area contributed by atoms with Crippen LogP contribution in [-0.4, -0.2) is 9.97 Å². The zero-order valence-electron chi connectivity index (χ0n) is 13.0. The van der Waals surface area contributed by atoms with Crippen LogP contribution in [0.25, 0.3) is 21.8 Å². The summed E-state index contributed by atoms with van der Waals surface area (Å²) in [5.41, 5.74) is 0.685. The molecule has 0 aliphatic heterocycles. The predicted molar refractivity (Wildman–Crippen MR) is 96.0 cm³/mol. The van der Waals surface area contributed by atoms with Crippen molar-refractivity contribution < 1.29 is 17.6 Å². The largest absolute Gasteiger partial charge is 0.416 e. The summed E-state index contributed by atoms with van der Waals surface area (Å²) in [6.45, 7) is 0. The Bertz CT molecular complexity index is 1130. The molecule has 0 saturated carbocycles. The first kappa shape index (κ1) is 16.8. The molecule has 0 unspecified atom stereocenters. The molecule has 2 aromatic carbocycles. The molecule has 0 fully saturated rings. The Morgan fingerprint density at radius 2 is 1.77 bits per heavy atom. The van der Waals surface area contributed by atoms with Gasteiger partial charge < -0.3 is 10.3 Å². The van der Waals surface area contributed by atoms with E-state index in [4.69, 9.17) is 0 Å². The monoisotopic (exact) mass is 423 g/mol. The van der Waals surface area contributed by atoms with Crippen molar-refractivity contribution in [3.63, 3.8) is 0 Å². The number of halogens is 5. The Balaban J connectivity index is 1.75. The van der Waals surface area contributed by atoms with Gasteiger partial charge in [0, 0.05) is 27.1 Å². The van der Waals surface area contributed by atoms with Gasteiger partial charge in [-0.2, -0.15) is 13.2 Å². The lowest BCUT2D eigenvalue weighted by atomic mass is 10.1. The second-order valence-corrected chi connectivity index (χ2v) is 6.60. The molecule has 4 aromatic rings. The van der Waals surface area contributed by atoms with E-state index >= 15 is 0 Å². The number of nitrogens with zero attached hydrogens (tertiary/aromatic N) is 1. The van der Waals surface area contributed by atoms with Gasteiger partial charge in [-0.25, -0.2) is 9.37 Å². The van der Waals surface area contributed by atoms with Crippen LogP contribution in [0.5, 0.6) is 0 Å². The first-order valence-electron chi connectivity index (χ1n) is 7.52. The molecule has 0 aliphatic carbocycles. The van der Waals surface area contributed by atoms with Crippen molar-refractivity contribution in [2.45, 2.75) is 6.18 Å². The van der Waals surface area contributed by atoms with Crippen LogP contribution < -0.4 is 5.32 Å². The second kappa shape index (κ2) is 5.98. The molecule has 2 aromatic heterocycles. The number of H-pyrrole nitrogens is 1. The molecule has 132 valence electrons. The molecule has 4 rings (SSSR count). The van der Waals surface area contributed by atoms with Gasteiger partial charge in [0.25, 0.3) is 0 Å². The van der Waals surface area contributed by atoms with Crippen LogP contribution in [0.15, 0.2) is 53.1 Å². The van der Waals surface area contributed by atoms with Gasteiger partial charge >= 0.3 is 6.18 Å². The van der Waals surface area contributed by atoms with Crippen LogP contribution in [-0.2, 0) is 6.18 Å². The Kier molecular flexibility index (Phi) is 3.87. The van der Waals surface area contributed by atoms with Gasteiger partial charge in [0.2, 0.25) is 0 Å². The topological polar surface area (TPSA) is 40.7 Å². The number of aromatic amines is 1. The lowest BCUT2D eigenvalue weighted by Crippen LogP contribution is -2.05. The summed E-state index contributed by atoms with van der Waals surface area (Å²) in [4.78, 5) is 7.07. The van der Waals surface area contributed by atoms with Gasteiger partial charge in [-0.15, -0.1) is 0 Å². The zero-order valence-corrected chi connectivity index (χ0v) is 14.5. The molecular formula is C18H10BrF4N3. The fourth-order valence-corrected chi connectivity index (χ4v) is 3.29. The maximum Gasteiger partial charge on any atom is 0.416 e. The fraction of sp³-hybridized carbons (Fsp3) is 0.0556. The molecule has 0 atom stereocenters. The zero-order chi connectivity index (χ0) is 18.5. The van der Waals surface area contributed by atoms with E-state index in [0.717, 1.165) is 12.1 Å². The third kappa shape index (κ3) is 3.01. The molecule has 3 nitrogen and oxygen atoms in total. The van der Waals surface area contributed by atoms with E-state index in [1.165, 1.54) is 12.3 Å². The minimum absolute atomic E-state index is 0.212. The first-order valence-corrected chi connectivity index (χ1v) is 8.32. The number of hydrogen-bond acceptors (Lipinski definition) is 2. The molecule has 2 N–H and O–H groups in total. The maximum absolute atomic E-state index is 13.5. The lowest BCUT2D eigenvalue weighted by molar-refractivity contribution is -0.137. The molecule has 2 heterocycles. The standard InChI is InChI=1S/C18H10BrF4N3/c19-13-7-17(25-10-2-4-12-14(20)8-24-15(12)6-10)26-16-5-9(18(21,22)23)1-3-11(13)16/h1-8,24H,(H,25,26). The summed E-state index contributed by atoms with van der Waals surface area (Å²) in [5, 5.41) is 4.06. The molecule has 0 radical (unpaired) electrons. The Hall–Kier alpha value is -2.61.